The summed E-state index contributed by atoms with van der Waals surface area (Å²) in [6.07, 6.45) is 2.20. The van der Waals surface area contributed by atoms with Gasteiger partial charge in [0.15, 0.2) is 0 Å². The highest BCUT2D eigenvalue weighted by Crippen LogP contribution is 2.36. The van der Waals surface area contributed by atoms with Crippen LogP contribution < -0.4 is 5.32 Å². The number of hydrogen-bond acceptors (Lipinski definition) is 2. The Morgan fingerprint density at radius 3 is 3.00 bits per heavy atom. The second-order valence-electron chi connectivity index (χ2n) is 5.41. The molecule has 2 aliphatic heterocycles. The molecule has 18 heavy (non-hydrogen) atoms. The second kappa shape index (κ2) is 4.35. The van der Waals surface area contributed by atoms with Gasteiger partial charge in [0.1, 0.15) is 5.82 Å². The van der Waals surface area contributed by atoms with Crippen LogP contribution in [-0.4, -0.2) is 37.0 Å². The number of hydrogen-bond donors (Lipinski definition) is 1. The zero-order valence-corrected chi connectivity index (χ0v) is 10.3. The quantitative estimate of drug-likeness (QED) is 0.819. The third kappa shape index (κ3) is 2.01. The molecule has 0 radical (unpaired) electrons. The number of halogens is 1. The van der Waals surface area contributed by atoms with Gasteiger partial charge < -0.3 is 10.2 Å². The van der Waals surface area contributed by atoms with Crippen LogP contribution in [0.2, 0.25) is 0 Å². The fourth-order valence-electron chi connectivity index (χ4n) is 3.06. The van der Waals surface area contributed by atoms with Gasteiger partial charge in [-0.2, -0.15) is 0 Å². The number of likely N-dealkylation sites (tertiary alicyclic amines) is 1. The lowest BCUT2D eigenvalue weighted by Gasteiger charge is -2.22. The van der Waals surface area contributed by atoms with Crippen molar-refractivity contribution in [2.24, 2.45) is 5.41 Å². The Morgan fingerprint density at radius 1 is 1.39 bits per heavy atom. The predicted molar refractivity (Wildman–Crippen MR) is 66.8 cm³/mol. The van der Waals surface area contributed by atoms with E-state index < -0.39 is 0 Å². The molecule has 4 heteroatoms. The molecule has 0 saturated carbocycles. The Hall–Kier alpha value is -1.42. The van der Waals surface area contributed by atoms with E-state index in [0.717, 1.165) is 39.0 Å². The number of amides is 1. The summed E-state index contributed by atoms with van der Waals surface area (Å²) in [5.74, 6) is -0.393. The Kier molecular flexibility index (Phi) is 2.82. The number of nitrogens with one attached hydrogen (secondary N) is 1. The number of benzene rings is 1. The van der Waals surface area contributed by atoms with E-state index in [9.17, 15) is 9.18 Å². The van der Waals surface area contributed by atoms with Gasteiger partial charge in [0.25, 0.3) is 5.91 Å². The van der Waals surface area contributed by atoms with Crippen LogP contribution in [0.25, 0.3) is 0 Å². The average Bonchev–Trinajstić information content (AvgIpc) is 3.00. The molecular weight excluding hydrogens is 231 g/mol. The molecule has 2 aliphatic rings. The van der Waals surface area contributed by atoms with Gasteiger partial charge in [0.2, 0.25) is 0 Å². The molecule has 2 fully saturated rings. The van der Waals surface area contributed by atoms with Gasteiger partial charge in [-0.1, -0.05) is 6.07 Å². The van der Waals surface area contributed by atoms with E-state index in [0.29, 0.717) is 5.56 Å². The first kappa shape index (κ1) is 11.7. The molecule has 0 aliphatic carbocycles. The summed E-state index contributed by atoms with van der Waals surface area (Å²) in [7, 11) is 0. The van der Waals surface area contributed by atoms with Crippen molar-refractivity contribution in [2.75, 3.05) is 26.2 Å². The highest BCUT2D eigenvalue weighted by Gasteiger charge is 2.41. The summed E-state index contributed by atoms with van der Waals surface area (Å²) in [5, 5.41) is 3.37. The van der Waals surface area contributed by atoms with Gasteiger partial charge in [-0.25, -0.2) is 4.39 Å². The minimum absolute atomic E-state index is 0.0433. The molecule has 0 bridgehead atoms. The monoisotopic (exact) mass is 248 g/mol. The van der Waals surface area contributed by atoms with Crippen molar-refractivity contribution in [2.45, 2.75) is 12.8 Å². The van der Waals surface area contributed by atoms with E-state index >= 15 is 0 Å². The van der Waals surface area contributed by atoms with E-state index in [1.54, 1.807) is 12.1 Å². The van der Waals surface area contributed by atoms with Crippen LogP contribution in [0, 0.1) is 11.2 Å². The molecule has 0 unspecified atom stereocenters. The Morgan fingerprint density at radius 2 is 2.28 bits per heavy atom. The van der Waals surface area contributed by atoms with Crippen molar-refractivity contribution in [1.29, 1.82) is 0 Å². The fourth-order valence-corrected chi connectivity index (χ4v) is 3.06. The number of rotatable bonds is 1. The predicted octanol–water partition coefficient (Wildman–Crippen LogP) is 1.65. The van der Waals surface area contributed by atoms with E-state index in [4.69, 9.17) is 0 Å². The van der Waals surface area contributed by atoms with Crippen molar-refractivity contribution >= 4 is 5.91 Å². The highest BCUT2D eigenvalue weighted by atomic mass is 19.1. The zero-order chi connectivity index (χ0) is 12.6. The van der Waals surface area contributed by atoms with Gasteiger partial charge in [0, 0.05) is 30.6 Å². The first-order valence-electron chi connectivity index (χ1n) is 6.44. The SMILES string of the molecule is O=C(c1cccc(F)c1)N1CC[C@]2(CCNC2)C1. The van der Waals surface area contributed by atoms with Gasteiger partial charge in [0.05, 0.1) is 0 Å². The Bertz CT molecular complexity index is 469. The lowest BCUT2D eigenvalue weighted by Crippen LogP contribution is -2.33. The molecule has 2 saturated heterocycles. The molecule has 1 atom stereocenters. The molecular formula is C14H17FN2O. The molecule has 96 valence electrons. The minimum Gasteiger partial charge on any atom is -0.338 e. The number of nitrogens with zero attached hydrogens (tertiary/aromatic N) is 1. The second-order valence-corrected chi connectivity index (χ2v) is 5.41. The standard InChI is InChI=1S/C14H17FN2O/c15-12-3-1-2-11(8-12)13(18)17-7-5-14(10-17)4-6-16-9-14/h1-3,8,16H,4-7,9-10H2/t14-/m0/s1. The molecule has 0 aromatic heterocycles. The van der Waals surface area contributed by atoms with Crippen molar-refractivity contribution in [3.05, 3.63) is 35.6 Å². The van der Waals surface area contributed by atoms with Crippen molar-refractivity contribution in [3.8, 4) is 0 Å². The van der Waals surface area contributed by atoms with Crippen molar-refractivity contribution in [1.82, 2.24) is 10.2 Å². The van der Waals surface area contributed by atoms with Crippen molar-refractivity contribution in [3.63, 3.8) is 0 Å². The van der Waals surface area contributed by atoms with E-state index in [-0.39, 0.29) is 17.1 Å². The smallest absolute Gasteiger partial charge is 0.253 e. The Labute approximate surface area is 106 Å². The molecule has 3 rings (SSSR count). The molecule has 1 aromatic rings. The third-order valence-electron chi connectivity index (χ3n) is 4.13. The average molecular weight is 248 g/mol. The van der Waals surface area contributed by atoms with Crippen LogP contribution in [0.3, 0.4) is 0 Å². The zero-order valence-electron chi connectivity index (χ0n) is 10.3. The number of carbonyl (C=O) groups is 1. The Balaban J connectivity index is 1.74. The molecule has 1 spiro atoms. The topological polar surface area (TPSA) is 32.3 Å². The maximum atomic E-state index is 13.1. The first-order chi connectivity index (χ1) is 8.69. The molecule has 2 heterocycles. The van der Waals surface area contributed by atoms with Gasteiger partial charge in [-0.3, -0.25) is 4.79 Å². The number of carbonyl (C=O) groups excluding carboxylic acids is 1. The van der Waals surface area contributed by atoms with Crippen LogP contribution >= 0.6 is 0 Å². The van der Waals surface area contributed by atoms with E-state index in [2.05, 4.69) is 5.32 Å². The molecule has 1 amide bonds. The van der Waals surface area contributed by atoms with E-state index in [1.807, 2.05) is 4.90 Å². The molecule has 3 nitrogen and oxygen atoms in total. The van der Waals surface area contributed by atoms with Crippen LogP contribution in [0.15, 0.2) is 24.3 Å². The van der Waals surface area contributed by atoms with Gasteiger partial charge in [-0.05, 0) is 37.6 Å². The van der Waals surface area contributed by atoms with Crippen LogP contribution in [0.4, 0.5) is 4.39 Å². The summed E-state index contributed by atoms with van der Waals surface area (Å²) in [5.41, 5.74) is 0.723. The summed E-state index contributed by atoms with van der Waals surface area (Å²) in [6.45, 7) is 3.63. The lowest BCUT2D eigenvalue weighted by atomic mass is 9.86. The van der Waals surface area contributed by atoms with Crippen LogP contribution in [0.5, 0.6) is 0 Å². The maximum absolute atomic E-state index is 13.1. The summed E-state index contributed by atoms with van der Waals surface area (Å²) >= 11 is 0. The summed E-state index contributed by atoms with van der Waals surface area (Å²) < 4.78 is 13.1. The maximum Gasteiger partial charge on any atom is 0.253 e. The summed E-state index contributed by atoms with van der Waals surface area (Å²) in [4.78, 5) is 14.1. The lowest BCUT2D eigenvalue weighted by molar-refractivity contribution is 0.0775. The van der Waals surface area contributed by atoms with Gasteiger partial charge in [-0.15, -0.1) is 0 Å². The highest BCUT2D eigenvalue weighted by molar-refractivity contribution is 5.94. The van der Waals surface area contributed by atoms with E-state index in [1.165, 1.54) is 12.1 Å². The van der Waals surface area contributed by atoms with Gasteiger partial charge >= 0.3 is 0 Å². The fraction of sp³-hybridized carbons (Fsp3) is 0.500. The first-order valence-corrected chi connectivity index (χ1v) is 6.44. The largest absolute Gasteiger partial charge is 0.338 e. The minimum atomic E-state index is -0.350. The molecule has 1 N–H and O–H groups in total. The van der Waals surface area contributed by atoms with Crippen LogP contribution in [-0.2, 0) is 0 Å². The third-order valence-corrected chi connectivity index (χ3v) is 4.13. The van der Waals surface area contributed by atoms with Crippen LogP contribution in [0.1, 0.15) is 23.2 Å². The summed E-state index contributed by atoms with van der Waals surface area (Å²) in [6, 6.07) is 5.96. The van der Waals surface area contributed by atoms with Crippen molar-refractivity contribution < 1.29 is 9.18 Å². The normalized spacial score (nSPS) is 27.1. The molecule has 1 aromatic carbocycles.